The number of rotatable bonds is 8. The summed E-state index contributed by atoms with van der Waals surface area (Å²) in [6.45, 7) is 3.90. The van der Waals surface area contributed by atoms with E-state index in [1.165, 1.54) is 13.5 Å². The molecule has 0 heterocycles. The van der Waals surface area contributed by atoms with E-state index in [-0.39, 0.29) is 6.16 Å². The molecule has 0 saturated heterocycles. The Morgan fingerprint density at radius 2 is 2.00 bits per heavy atom. The lowest BCUT2D eigenvalue weighted by atomic mass is 10.3. The van der Waals surface area contributed by atoms with Crippen molar-refractivity contribution in [3.8, 4) is 0 Å². The summed E-state index contributed by atoms with van der Waals surface area (Å²) in [4.78, 5) is 9.03. The Kier molecular flexibility index (Phi) is 7.57. The summed E-state index contributed by atoms with van der Waals surface area (Å²) >= 11 is 0. The number of hydrogen-bond acceptors (Lipinski definition) is 3. The second kappa shape index (κ2) is 7.51. The van der Waals surface area contributed by atoms with Gasteiger partial charge < -0.3 is 14.7 Å². The molecule has 0 aromatic carbocycles. The summed E-state index contributed by atoms with van der Waals surface area (Å²) in [7, 11) is -2.00. The fraction of sp³-hybridized carbons (Fsp3) is 1.00. The van der Waals surface area contributed by atoms with Gasteiger partial charge in [0.2, 0.25) is 0 Å². The fourth-order valence-corrected chi connectivity index (χ4v) is 1.66. The molecule has 0 aliphatic rings. The van der Waals surface area contributed by atoms with E-state index in [0.29, 0.717) is 6.42 Å². The van der Waals surface area contributed by atoms with Crippen molar-refractivity contribution in [3.05, 3.63) is 0 Å². The lowest BCUT2D eigenvalue weighted by molar-refractivity contribution is 0.314. The highest BCUT2D eigenvalue weighted by Gasteiger charge is 2.15. The molecule has 4 nitrogen and oxygen atoms in total. The van der Waals surface area contributed by atoms with Gasteiger partial charge >= 0.3 is 7.60 Å². The predicted molar refractivity (Wildman–Crippen MR) is 54.1 cm³/mol. The third-order valence-electron chi connectivity index (χ3n) is 1.79. The lowest BCUT2D eigenvalue weighted by Crippen LogP contribution is -2.17. The molecule has 2 N–H and O–H groups in total. The predicted octanol–water partition coefficient (Wildman–Crippen LogP) is 1.60. The summed E-state index contributed by atoms with van der Waals surface area (Å²) < 4.78 is 15.4. The van der Waals surface area contributed by atoms with E-state index >= 15 is 0 Å². The highest BCUT2D eigenvalue weighted by atomic mass is 31.2. The Morgan fingerprint density at radius 3 is 2.54 bits per heavy atom. The van der Waals surface area contributed by atoms with Crippen molar-refractivity contribution in [2.75, 3.05) is 26.4 Å². The maximum Gasteiger partial charge on any atom is 0.327 e. The summed E-state index contributed by atoms with van der Waals surface area (Å²) in [5.41, 5.74) is 0. The first-order chi connectivity index (χ1) is 6.12. The third kappa shape index (κ3) is 8.44. The van der Waals surface area contributed by atoms with Crippen LogP contribution < -0.4 is 5.32 Å². The molecule has 0 bridgehead atoms. The zero-order chi connectivity index (χ0) is 10.2. The molecule has 0 saturated carbocycles. The van der Waals surface area contributed by atoms with E-state index in [0.717, 1.165) is 19.5 Å². The Hall–Kier alpha value is 0.110. The first-order valence-electron chi connectivity index (χ1n) is 4.70. The van der Waals surface area contributed by atoms with Gasteiger partial charge in [0.05, 0.1) is 6.16 Å². The minimum atomic E-state index is -3.27. The van der Waals surface area contributed by atoms with Crippen LogP contribution in [-0.2, 0) is 9.09 Å². The topological polar surface area (TPSA) is 58.6 Å². The van der Waals surface area contributed by atoms with Crippen LogP contribution in [0.4, 0.5) is 0 Å². The van der Waals surface area contributed by atoms with Crippen LogP contribution in [0.2, 0.25) is 0 Å². The van der Waals surface area contributed by atoms with Gasteiger partial charge in [0, 0.05) is 7.11 Å². The maximum absolute atomic E-state index is 11.0. The van der Waals surface area contributed by atoms with Crippen LogP contribution in [-0.4, -0.2) is 31.3 Å². The summed E-state index contributed by atoms with van der Waals surface area (Å²) in [5.74, 6) is 0. The van der Waals surface area contributed by atoms with E-state index < -0.39 is 7.60 Å². The van der Waals surface area contributed by atoms with Crippen molar-refractivity contribution in [2.24, 2.45) is 0 Å². The van der Waals surface area contributed by atoms with Crippen molar-refractivity contribution in [3.63, 3.8) is 0 Å². The molecule has 13 heavy (non-hydrogen) atoms. The number of nitrogens with one attached hydrogen (secondary N) is 1. The molecule has 1 unspecified atom stereocenters. The fourth-order valence-electron chi connectivity index (χ4n) is 0.922. The summed E-state index contributed by atoms with van der Waals surface area (Å²) in [5, 5.41) is 3.20. The highest BCUT2D eigenvalue weighted by molar-refractivity contribution is 7.52. The van der Waals surface area contributed by atoms with Gasteiger partial charge in [0.25, 0.3) is 0 Å². The molecule has 0 aliphatic heterocycles. The molecule has 0 spiro atoms. The van der Waals surface area contributed by atoms with Gasteiger partial charge in [-0.15, -0.1) is 0 Å². The van der Waals surface area contributed by atoms with E-state index in [9.17, 15) is 4.57 Å². The van der Waals surface area contributed by atoms with Crippen molar-refractivity contribution in [1.82, 2.24) is 5.32 Å². The molecule has 1 atom stereocenters. The van der Waals surface area contributed by atoms with Gasteiger partial charge in [-0.3, -0.25) is 4.57 Å². The Morgan fingerprint density at radius 1 is 1.38 bits per heavy atom. The zero-order valence-electron chi connectivity index (χ0n) is 8.45. The number of unbranched alkanes of at least 4 members (excludes halogenated alkanes) is 1. The quantitative estimate of drug-likeness (QED) is 0.471. The average molecular weight is 209 g/mol. The van der Waals surface area contributed by atoms with Crippen molar-refractivity contribution in [1.29, 1.82) is 0 Å². The van der Waals surface area contributed by atoms with Crippen molar-refractivity contribution in [2.45, 2.75) is 26.2 Å². The Balaban J connectivity index is 3.21. The van der Waals surface area contributed by atoms with Crippen LogP contribution in [0.25, 0.3) is 0 Å². The van der Waals surface area contributed by atoms with Gasteiger partial charge in [-0.25, -0.2) is 0 Å². The molecule has 0 amide bonds. The van der Waals surface area contributed by atoms with E-state index in [2.05, 4.69) is 16.8 Å². The van der Waals surface area contributed by atoms with Crippen LogP contribution in [0.3, 0.4) is 0 Å². The molecule has 0 fully saturated rings. The van der Waals surface area contributed by atoms with Crippen LogP contribution in [0.15, 0.2) is 0 Å². The smallest absolute Gasteiger partial charge is 0.324 e. The van der Waals surface area contributed by atoms with Gasteiger partial charge in [-0.1, -0.05) is 13.3 Å². The summed E-state index contributed by atoms with van der Waals surface area (Å²) in [6, 6.07) is 0. The lowest BCUT2D eigenvalue weighted by Gasteiger charge is -2.08. The van der Waals surface area contributed by atoms with Crippen molar-refractivity contribution < 1.29 is 14.0 Å². The largest absolute Gasteiger partial charge is 0.327 e. The molecule has 0 radical (unpaired) electrons. The zero-order valence-corrected chi connectivity index (χ0v) is 9.35. The molecule has 80 valence electrons. The maximum atomic E-state index is 11.0. The van der Waals surface area contributed by atoms with Gasteiger partial charge in [0.15, 0.2) is 0 Å². The van der Waals surface area contributed by atoms with E-state index in [1.807, 2.05) is 0 Å². The minimum Gasteiger partial charge on any atom is -0.324 e. The first kappa shape index (κ1) is 13.1. The molecular weight excluding hydrogens is 189 g/mol. The standard InChI is InChI=1S/C8H20NO3P/c1-3-4-6-9-7-5-8-13(10,11)12-2/h9H,3-8H2,1-2H3,(H,10,11). The molecular formula is C8H20NO3P. The molecule has 0 aromatic rings. The molecule has 0 rings (SSSR count). The Bertz CT molecular complexity index is 163. The second-order valence-corrected chi connectivity index (χ2v) is 5.09. The monoisotopic (exact) mass is 209 g/mol. The van der Waals surface area contributed by atoms with E-state index in [4.69, 9.17) is 4.89 Å². The van der Waals surface area contributed by atoms with Gasteiger partial charge in [-0.2, -0.15) is 0 Å². The van der Waals surface area contributed by atoms with Crippen LogP contribution in [0.5, 0.6) is 0 Å². The number of hydrogen-bond donors (Lipinski definition) is 2. The molecule has 5 heteroatoms. The molecule has 0 aliphatic carbocycles. The first-order valence-corrected chi connectivity index (χ1v) is 6.47. The highest BCUT2D eigenvalue weighted by Crippen LogP contribution is 2.40. The third-order valence-corrected chi connectivity index (χ3v) is 3.24. The van der Waals surface area contributed by atoms with Crippen LogP contribution in [0.1, 0.15) is 26.2 Å². The van der Waals surface area contributed by atoms with E-state index in [1.54, 1.807) is 0 Å². The Labute approximate surface area is 80.2 Å². The van der Waals surface area contributed by atoms with Gasteiger partial charge in [0.1, 0.15) is 0 Å². The van der Waals surface area contributed by atoms with Crippen LogP contribution >= 0.6 is 7.60 Å². The second-order valence-electron chi connectivity index (χ2n) is 3.00. The average Bonchev–Trinajstić information content (AvgIpc) is 2.11. The minimum absolute atomic E-state index is 0.239. The van der Waals surface area contributed by atoms with Crippen molar-refractivity contribution >= 4 is 7.60 Å². The normalized spacial score (nSPS) is 15.6. The van der Waals surface area contributed by atoms with Crippen LogP contribution in [0, 0.1) is 0 Å². The SMILES string of the molecule is CCCCNCCCP(=O)(O)OC. The summed E-state index contributed by atoms with van der Waals surface area (Å²) in [6.07, 6.45) is 3.25. The van der Waals surface area contributed by atoms with Gasteiger partial charge in [-0.05, 0) is 25.9 Å². The molecule has 0 aromatic heterocycles.